The standard InChI is InChI=1S/C17H20FNO2/c1-11(2)19-15(12-5-7-13(18)8-6-12)10-9-14(16(19)20)17(3,4)21/h5-11,21H,1-4H3. The third-order valence-corrected chi connectivity index (χ3v) is 3.43. The fourth-order valence-corrected chi connectivity index (χ4v) is 2.39. The second kappa shape index (κ2) is 5.45. The maximum atomic E-state index is 13.1. The highest BCUT2D eigenvalue weighted by atomic mass is 19.1. The Morgan fingerprint density at radius 1 is 1.10 bits per heavy atom. The molecule has 3 nitrogen and oxygen atoms in total. The van der Waals surface area contributed by atoms with Crippen LogP contribution in [0.5, 0.6) is 0 Å². The fourth-order valence-electron chi connectivity index (χ4n) is 2.39. The largest absolute Gasteiger partial charge is 0.386 e. The van der Waals surface area contributed by atoms with Crippen LogP contribution in [0.15, 0.2) is 41.2 Å². The summed E-state index contributed by atoms with van der Waals surface area (Å²) in [5.41, 5.74) is 0.406. The number of nitrogens with zero attached hydrogens (tertiary/aromatic N) is 1. The predicted octanol–water partition coefficient (Wildman–Crippen LogP) is 3.46. The van der Waals surface area contributed by atoms with Crippen LogP contribution in [0.1, 0.15) is 39.3 Å². The zero-order valence-corrected chi connectivity index (χ0v) is 12.7. The molecule has 2 aromatic rings. The van der Waals surface area contributed by atoms with E-state index in [1.54, 1.807) is 42.7 Å². The van der Waals surface area contributed by atoms with Crippen molar-refractivity contribution < 1.29 is 9.50 Å². The molecule has 0 aliphatic heterocycles. The maximum Gasteiger partial charge on any atom is 0.257 e. The molecule has 1 aromatic carbocycles. The van der Waals surface area contributed by atoms with Gasteiger partial charge in [-0.05, 0) is 69.7 Å². The molecule has 0 bridgehead atoms. The van der Waals surface area contributed by atoms with Crippen LogP contribution in [0, 0.1) is 5.82 Å². The Labute approximate surface area is 123 Å². The summed E-state index contributed by atoms with van der Waals surface area (Å²) in [6.45, 7) is 6.99. The minimum Gasteiger partial charge on any atom is -0.386 e. The molecule has 21 heavy (non-hydrogen) atoms. The average molecular weight is 289 g/mol. The van der Waals surface area contributed by atoms with Gasteiger partial charge in [-0.2, -0.15) is 0 Å². The third kappa shape index (κ3) is 3.05. The van der Waals surface area contributed by atoms with Crippen LogP contribution in [0.4, 0.5) is 4.39 Å². The smallest absolute Gasteiger partial charge is 0.257 e. The van der Waals surface area contributed by atoms with E-state index in [1.807, 2.05) is 13.8 Å². The van der Waals surface area contributed by atoms with Gasteiger partial charge in [-0.25, -0.2) is 4.39 Å². The van der Waals surface area contributed by atoms with Crippen molar-refractivity contribution in [3.05, 3.63) is 58.1 Å². The second-order valence-corrected chi connectivity index (χ2v) is 5.97. The number of aromatic nitrogens is 1. The van der Waals surface area contributed by atoms with Crippen molar-refractivity contribution in [1.82, 2.24) is 4.57 Å². The first-order chi connectivity index (χ1) is 9.71. The van der Waals surface area contributed by atoms with Gasteiger partial charge in [0.05, 0.1) is 11.3 Å². The third-order valence-electron chi connectivity index (χ3n) is 3.43. The summed E-state index contributed by atoms with van der Waals surface area (Å²) >= 11 is 0. The minimum atomic E-state index is -1.20. The molecule has 0 amide bonds. The minimum absolute atomic E-state index is 0.0696. The van der Waals surface area contributed by atoms with E-state index >= 15 is 0 Å². The Balaban J connectivity index is 2.71. The van der Waals surface area contributed by atoms with Gasteiger partial charge < -0.3 is 9.67 Å². The summed E-state index contributed by atoms with van der Waals surface area (Å²) in [5.74, 6) is -0.315. The molecule has 1 N–H and O–H groups in total. The van der Waals surface area contributed by atoms with Crippen molar-refractivity contribution >= 4 is 0 Å². The van der Waals surface area contributed by atoms with Crippen LogP contribution in [0.25, 0.3) is 11.3 Å². The lowest BCUT2D eigenvalue weighted by Gasteiger charge is -2.22. The normalized spacial score (nSPS) is 12.0. The molecule has 1 aromatic heterocycles. The van der Waals surface area contributed by atoms with E-state index in [0.717, 1.165) is 5.56 Å². The molecule has 0 saturated heterocycles. The van der Waals surface area contributed by atoms with Crippen molar-refractivity contribution in [2.75, 3.05) is 0 Å². The van der Waals surface area contributed by atoms with Gasteiger partial charge in [0, 0.05) is 11.6 Å². The molecule has 2 rings (SSSR count). The van der Waals surface area contributed by atoms with Crippen LogP contribution in [-0.2, 0) is 5.60 Å². The SMILES string of the molecule is CC(C)n1c(-c2ccc(F)cc2)ccc(C(C)(C)O)c1=O. The Morgan fingerprint density at radius 3 is 2.14 bits per heavy atom. The number of hydrogen-bond acceptors (Lipinski definition) is 2. The quantitative estimate of drug-likeness (QED) is 0.940. The van der Waals surface area contributed by atoms with Crippen molar-refractivity contribution in [3.63, 3.8) is 0 Å². The summed E-state index contributed by atoms with van der Waals surface area (Å²) in [6, 6.07) is 9.39. The van der Waals surface area contributed by atoms with E-state index in [1.165, 1.54) is 12.1 Å². The van der Waals surface area contributed by atoms with Crippen LogP contribution < -0.4 is 5.56 Å². The first kappa shape index (κ1) is 15.4. The van der Waals surface area contributed by atoms with Gasteiger partial charge in [-0.1, -0.05) is 0 Å². The van der Waals surface area contributed by atoms with Crippen molar-refractivity contribution in [2.24, 2.45) is 0 Å². The Hall–Kier alpha value is -1.94. The lowest BCUT2D eigenvalue weighted by atomic mass is 9.98. The van der Waals surface area contributed by atoms with Gasteiger partial charge in [0.1, 0.15) is 5.82 Å². The van der Waals surface area contributed by atoms with Crippen molar-refractivity contribution in [2.45, 2.75) is 39.3 Å². The topological polar surface area (TPSA) is 42.2 Å². The molecule has 0 saturated carbocycles. The van der Waals surface area contributed by atoms with E-state index in [9.17, 15) is 14.3 Å². The second-order valence-electron chi connectivity index (χ2n) is 5.97. The number of aliphatic hydroxyl groups is 1. The van der Waals surface area contributed by atoms with E-state index in [2.05, 4.69) is 0 Å². The number of halogens is 1. The molecule has 0 aliphatic carbocycles. The predicted molar refractivity (Wildman–Crippen MR) is 81.7 cm³/mol. The number of hydrogen-bond donors (Lipinski definition) is 1. The van der Waals surface area contributed by atoms with Crippen LogP contribution in [0.3, 0.4) is 0 Å². The van der Waals surface area contributed by atoms with E-state index in [0.29, 0.717) is 11.3 Å². The van der Waals surface area contributed by atoms with Gasteiger partial charge in [0.15, 0.2) is 0 Å². The van der Waals surface area contributed by atoms with E-state index in [4.69, 9.17) is 0 Å². The Morgan fingerprint density at radius 2 is 1.67 bits per heavy atom. The molecule has 0 radical (unpaired) electrons. The zero-order valence-electron chi connectivity index (χ0n) is 12.7. The number of rotatable bonds is 3. The molecule has 4 heteroatoms. The molecular formula is C17H20FNO2. The Bertz CT molecular complexity index is 694. The highest BCUT2D eigenvalue weighted by molar-refractivity contribution is 5.60. The highest BCUT2D eigenvalue weighted by Crippen LogP contribution is 2.24. The van der Waals surface area contributed by atoms with E-state index < -0.39 is 5.60 Å². The Kier molecular flexibility index (Phi) is 4.01. The van der Waals surface area contributed by atoms with Gasteiger partial charge >= 0.3 is 0 Å². The average Bonchev–Trinajstić information content (AvgIpc) is 2.37. The van der Waals surface area contributed by atoms with Crippen molar-refractivity contribution in [1.29, 1.82) is 0 Å². The van der Waals surface area contributed by atoms with Crippen molar-refractivity contribution in [3.8, 4) is 11.3 Å². The summed E-state index contributed by atoms with van der Waals surface area (Å²) in [5, 5.41) is 10.1. The van der Waals surface area contributed by atoms with Gasteiger partial charge in [-0.3, -0.25) is 4.79 Å². The first-order valence-electron chi connectivity index (χ1n) is 6.96. The monoisotopic (exact) mass is 289 g/mol. The fraction of sp³-hybridized carbons (Fsp3) is 0.353. The molecule has 0 aliphatic rings. The van der Waals surface area contributed by atoms with Gasteiger partial charge in [-0.15, -0.1) is 0 Å². The summed E-state index contributed by atoms with van der Waals surface area (Å²) in [6.07, 6.45) is 0. The molecule has 1 heterocycles. The van der Waals surface area contributed by atoms with Crippen LogP contribution >= 0.6 is 0 Å². The summed E-state index contributed by atoms with van der Waals surface area (Å²) < 4.78 is 14.7. The summed E-state index contributed by atoms with van der Waals surface area (Å²) in [4.78, 5) is 12.6. The summed E-state index contributed by atoms with van der Waals surface area (Å²) in [7, 11) is 0. The van der Waals surface area contributed by atoms with Crippen LogP contribution in [0.2, 0.25) is 0 Å². The first-order valence-corrected chi connectivity index (χ1v) is 6.96. The lowest BCUT2D eigenvalue weighted by Crippen LogP contribution is -2.33. The van der Waals surface area contributed by atoms with Gasteiger partial charge in [0.25, 0.3) is 5.56 Å². The lowest BCUT2D eigenvalue weighted by molar-refractivity contribution is 0.0764. The maximum absolute atomic E-state index is 13.1. The number of pyridine rings is 1. The van der Waals surface area contributed by atoms with Gasteiger partial charge in [0.2, 0.25) is 0 Å². The van der Waals surface area contributed by atoms with E-state index in [-0.39, 0.29) is 17.4 Å². The number of benzene rings is 1. The zero-order chi connectivity index (χ0) is 15.8. The molecule has 112 valence electrons. The molecular weight excluding hydrogens is 269 g/mol. The molecule has 0 unspecified atom stereocenters. The van der Waals surface area contributed by atoms with Crippen LogP contribution in [-0.4, -0.2) is 9.67 Å². The molecule has 0 spiro atoms. The molecule has 0 atom stereocenters. The highest BCUT2D eigenvalue weighted by Gasteiger charge is 2.23. The molecule has 0 fully saturated rings.